The van der Waals surface area contributed by atoms with E-state index in [1.165, 1.54) is 41.5 Å². The molecule has 190 valence electrons. The third-order valence-corrected chi connectivity index (χ3v) is 5.44. The van der Waals surface area contributed by atoms with Gasteiger partial charge in [-0.25, -0.2) is 4.39 Å². The van der Waals surface area contributed by atoms with Crippen molar-refractivity contribution >= 4 is 23.4 Å². The van der Waals surface area contributed by atoms with Crippen LogP contribution in [-0.2, 0) is 9.59 Å². The number of hydrogen-bond donors (Lipinski definition) is 2. The number of hydrogen-bond acceptors (Lipinski definition) is 4. The van der Waals surface area contributed by atoms with Crippen LogP contribution in [0.25, 0.3) is 0 Å². The third-order valence-electron chi connectivity index (χ3n) is 5.44. The zero-order valence-electron chi connectivity index (χ0n) is 21.2. The van der Waals surface area contributed by atoms with Gasteiger partial charge in [0.25, 0.3) is 5.91 Å². The van der Waals surface area contributed by atoms with Crippen molar-refractivity contribution in [3.8, 4) is 0 Å². The van der Waals surface area contributed by atoms with Crippen molar-refractivity contribution in [1.82, 2.24) is 10.6 Å². The molecule has 0 saturated heterocycles. The SMILES string of the molecule is CC(C)c1ccc(C(C(=O)NC(C)(C)C)N(C(=O)CNC(=O)c2ccco2)c2ccc(F)cc2)cc1. The van der Waals surface area contributed by atoms with Crippen molar-refractivity contribution in [3.63, 3.8) is 0 Å². The van der Waals surface area contributed by atoms with Gasteiger partial charge in [-0.05, 0) is 74.2 Å². The predicted octanol–water partition coefficient (Wildman–Crippen LogP) is 4.96. The van der Waals surface area contributed by atoms with Gasteiger partial charge in [-0.3, -0.25) is 19.3 Å². The van der Waals surface area contributed by atoms with Crippen LogP contribution in [0, 0.1) is 5.82 Å². The van der Waals surface area contributed by atoms with Crippen molar-refractivity contribution in [2.75, 3.05) is 11.4 Å². The molecule has 2 aromatic carbocycles. The normalized spacial score (nSPS) is 12.2. The van der Waals surface area contributed by atoms with E-state index in [0.29, 0.717) is 11.3 Å². The number of halogens is 1. The number of benzene rings is 2. The maximum absolute atomic E-state index is 13.7. The Morgan fingerprint density at radius 3 is 2.08 bits per heavy atom. The molecule has 3 aromatic rings. The summed E-state index contributed by atoms with van der Waals surface area (Å²) in [6.45, 7) is 9.26. The molecule has 0 saturated carbocycles. The van der Waals surface area contributed by atoms with Crippen molar-refractivity contribution in [2.45, 2.75) is 52.1 Å². The lowest BCUT2D eigenvalue weighted by Crippen LogP contribution is -2.51. The molecule has 0 aliphatic carbocycles. The second-order valence-electron chi connectivity index (χ2n) is 9.86. The molecule has 0 aliphatic rings. The minimum atomic E-state index is -1.07. The fraction of sp³-hybridized carbons (Fsp3) is 0.321. The number of furan rings is 1. The number of rotatable bonds is 8. The first-order valence-electron chi connectivity index (χ1n) is 11.8. The Labute approximate surface area is 210 Å². The summed E-state index contributed by atoms with van der Waals surface area (Å²) in [5.41, 5.74) is 1.41. The van der Waals surface area contributed by atoms with Gasteiger partial charge in [-0.1, -0.05) is 38.1 Å². The molecule has 3 amide bonds. The Kier molecular flexibility index (Phi) is 8.29. The largest absolute Gasteiger partial charge is 0.459 e. The Morgan fingerprint density at radius 1 is 0.944 bits per heavy atom. The van der Waals surface area contributed by atoms with Crippen molar-refractivity contribution in [2.24, 2.45) is 0 Å². The molecule has 8 heteroatoms. The molecule has 1 heterocycles. The summed E-state index contributed by atoms with van der Waals surface area (Å²) in [6.07, 6.45) is 1.36. The predicted molar refractivity (Wildman–Crippen MR) is 136 cm³/mol. The van der Waals surface area contributed by atoms with Gasteiger partial charge in [0.05, 0.1) is 12.8 Å². The van der Waals surface area contributed by atoms with Gasteiger partial charge < -0.3 is 15.1 Å². The quantitative estimate of drug-likeness (QED) is 0.464. The smallest absolute Gasteiger partial charge is 0.287 e. The molecule has 0 spiro atoms. The summed E-state index contributed by atoms with van der Waals surface area (Å²) in [6, 6.07) is 14.7. The maximum atomic E-state index is 13.7. The van der Waals surface area contributed by atoms with Crippen LogP contribution >= 0.6 is 0 Å². The fourth-order valence-corrected chi connectivity index (χ4v) is 3.69. The zero-order valence-corrected chi connectivity index (χ0v) is 21.2. The molecule has 0 radical (unpaired) electrons. The van der Waals surface area contributed by atoms with Crippen LogP contribution in [0.3, 0.4) is 0 Å². The fourth-order valence-electron chi connectivity index (χ4n) is 3.69. The van der Waals surface area contributed by atoms with E-state index in [-0.39, 0.29) is 11.7 Å². The number of carbonyl (C=O) groups excluding carboxylic acids is 3. The van der Waals surface area contributed by atoms with E-state index in [9.17, 15) is 18.8 Å². The van der Waals surface area contributed by atoms with E-state index in [0.717, 1.165) is 5.56 Å². The van der Waals surface area contributed by atoms with Crippen molar-refractivity contribution < 1.29 is 23.2 Å². The number of anilines is 1. The molecule has 1 unspecified atom stereocenters. The Hall–Kier alpha value is -3.94. The molecule has 0 bridgehead atoms. The lowest BCUT2D eigenvalue weighted by molar-refractivity contribution is -0.127. The van der Waals surface area contributed by atoms with Gasteiger partial charge in [0.15, 0.2) is 5.76 Å². The Morgan fingerprint density at radius 2 is 1.56 bits per heavy atom. The summed E-state index contributed by atoms with van der Waals surface area (Å²) >= 11 is 0. The average Bonchev–Trinajstić information content (AvgIpc) is 3.35. The van der Waals surface area contributed by atoms with E-state index >= 15 is 0 Å². The first-order valence-corrected chi connectivity index (χ1v) is 11.8. The minimum absolute atomic E-state index is 0.0578. The van der Waals surface area contributed by atoms with E-state index in [4.69, 9.17) is 4.42 Å². The van der Waals surface area contributed by atoms with E-state index < -0.39 is 41.7 Å². The maximum Gasteiger partial charge on any atom is 0.287 e. The molecule has 0 aliphatic heterocycles. The van der Waals surface area contributed by atoms with E-state index in [1.807, 2.05) is 45.0 Å². The van der Waals surface area contributed by atoms with Crippen LogP contribution in [0.5, 0.6) is 0 Å². The minimum Gasteiger partial charge on any atom is -0.459 e. The Balaban J connectivity index is 2.03. The molecular weight excluding hydrogens is 461 g/mol. The van der Waals surface area contributed by atoms with Crippen LogP contribution in [0.2, 0.25) is 0 Å². The topological polar surface area (TPSA) is 91.7 Å². The second kappa shape index (κ2) is 11.2. The van der Waals surface area contributed by atoms with Gasteiger partial charge in [0.1, 0.15) is 11.9 Å². The lowest BCUT2D eigenvalue weighted by Gasteiger charge is -2.34. The van der Waals surface area contributed by atoms with Crippen LogP contribution < -0.4 is 15.5 Å². The molecule has 3 rings (SSSR count). The lowest BCUT2D eigenvalue weighted by atomic mass is 9.96. The van der Waals surface area contributed by atoms with E-state index in [2.05, 4.69) is 24.5 Å². The molecule has 2 N–H and O–H groups in total. The highest BCUT2D eigenvalue weighted by Gasteiger charge is 2.34. The second-order valence-corrected chi connectivity index (χ2v) is 9.86. The standard InChI is InChI=1S/C28H32FN3O4/c1-18(2)19-8-10-20(11-9-19)25(27(35)31-28(3,4)5)32(22-14-12-21(29)13-15-22)24(33)17-30-26(34)23-7-6-16-36-23/h6-16,18,25H,17H2,1-5H3,(H,30,34)(H,31,35). The van der Waals surface area contributed by atoms with Crippen LogP contribution in [-0.4, -0.2) is 29.8 Å². The first-order chi connectivity index (χ1) is 17.0. The monoisotopic (exact) mass is 493 g/mol. The molecular formula is C28H32FN3O4. The number of amides is 3. The molecule has 36 heavy (non-hydrogen) atoms. The van der Waals surface area contributed by atoms with Crippen LogP contribution in [0.1, 0.15) is 68.3 Å². The summed E-state index contributed by atoms with van der Waals surface area (Å²) < 4.78 is 18.8. The average molecular weight is 494 g/mol. The number of nitrogens with zero attached hydrogens (tertiary/aromatic N) is 1. The highest BCUT2D eigenvalue weighted by molar-refractivity contribution is 6.04. The molecule has 1 atom stereocenters. The highest BCUT2D eigenvalue weighted by atomic mass is 19.1. The van der Waals surface area contributed by atoms with Gasteiger partial charge >= 0.3 is 0 Å². The first kappa shape index (κ1) is 26.7. The van der Waals surface area contributed by atoms with Crippen molar-refractivity contribution in [3.05, 3.63) is 89.6 Å². The molecule has 7 nitrogen and oxygen atoms in total. The molecule has 0 fully saturated rings. The summed E-state index contributed by atoms with van der Waals surface area (Å²) in [5.74, 6) is -1.66. The zero-order chi connectivity index (χ0) is 26.5. The van der Waals surface area contributed by atoms with Gasteiger partial charge in [-0.2, -0.15) is 0 Å². The highest BCUT2D eigenvalue weighted by Crippen LogP contribution is 2.30. The van der Waals surface area contributed by atoms with Crippen LogP contribution in [0.4, 0.5) is 10.1 Å². The Bertz CT molecular complexity index is 1180. The van der Waals surface area contributed by atoms with Gasteiger partial charge in [0.2, 0.25) is 11.8 Å². The third kappa shape index (κ3) is 6.81. The van der Waals surface area contributed by atoms with Crippen molar-refractivity contribution in [1.29, 1.82) is 0 Å². The number of nitrogens with one attached hydrogen (secondary N) is 2. The molecule has 1 aromatic heterocycles. The summed E-state index contributed by atoms with van der Waals surface area (Å²) in [7, 11) is 0. The van der Waals surface area contributed by atoms with Crippen LogP contribution in [0.15, 0.2) is 71.3 Å². The summed E-state index contributed by atoms with van der Waals surface area (Å²) in [4.78, 5) is 40.8. The van der Waals surface area contributed by atoms with Gasteiger partial charge in [0, 0.05) is 11.2 Å². The summed E-state index contributed by atoms with van der Waals surface area (Å²) in [5, 5.41) is 5.48. The van der Waals surface area contributed by atoms with E-state index in [1.54, 1.807) is 6.07 Å². The van der Waals surface area contributed by atoms with Gasteiger partial charge in [-0.15, -0.1) is 0 Å². The number of carbonyl (C=O) groups is 3.